The lowest BCUT2D eigenvalue weighted by molar-refractivity contribution is 0.101. The van der Waals surface area contributed by atoms with E-state index < -0.39 is 0 Å². The molecule has 0 amide bonds. The van der Waals surface area contributed by atoms with Gasteiger partial charge in [-0.15, -0.1) is 0 Å². The van der Waals surface area contributed by atoms with Gasteiger partial charge in [0.05, 0.1) is 28.3 Å². The smallest absolute Gasteiger partial charge is 0.164 e. The van der Waals surface area contributed by atoms with Crippen molar-refractivity contribution in [2.45, 2.75) is 6.92 Å². The molecule has 1 aromatic carbocycles. The molecule has 0 heterocycles. The molecule has 0 aliphatic rings. The fourth-order valence-electron chi connectivity index (χ4n) is 1.34. The standard InChI is InChI=1S/C9H13N5O/c1-3(15)4-5(10)6(11)7(12)8(13)9(4)14-2/h2,10-13H2,1H3. The zero-order valence-corrected chi connectivity index (χ0v) is 8.37. The zero-order chi connectivity index (χ0) is 11.7. The summed E-state index contributed by atoms with van der Waals surface area (Å²) in [6.07, 6.45) is 0. The third-order valence-electron chi connectivity index (χ3n) is 2.14. The Hall–Kier alpha value is -2.24. The van der Waals surface area contributed by atoms with Gasteiger partial charge < -0.3 is 22.9 Å². The molecule has 80 valence electrons. The predicted octanol–water partition coefficient (Wildman–Crippen LogP) is 0.550. The van der Waals surface area contributed by atoms with Crippen molar-refractivity contribution in [3.05, 3.63) is 5.56 Å². The molecule has 0 radical (unpaired) electrons. The number of carbonyl (C=O) groups is 1. The van der Waals surface area contributed by atoms with E-state index in [4.69, 9.17) is 22.9 Å². The normalized spacial score (nSPS) is 9.93. The Kier molecular flexibility index (Phi) is 2.52. The molecule has 0 aromatic heterocycles. The summed E-state index contributed by atoms with van der Waals surface area (Å²) in [6.45, 7) is 4.66. The molecule has 6 heteroatoms. The van der Waals surface area contributed by atoms with Gasteiger partial charge in [0.1, 0.15) is 5.69 Å². The number of hydrogen-bond acceptors (Lipinski definition) is 6. The van der Waals surface area contributed by atoms with E-state index in [1.54, 1.807) is 0 Å². The van der Waals surface area contributed by atoms with Crippen LogP contribution in [-0.4, -0.2) is 12.5 Å². The maximum atomic E-state index is 11.3. The van der Waals surface area contributed by atoms with Crippen LogP contribution < -0.4 is 22.9 Å². The van der Waals surface area contributed by atoms with Crippen LogP contribution in [0.15, 0.2) is 4.99 Å². The van der Waals surface area contributed by atoms with Gasteiger partial charge in [0.25, 0.3) is 0 Å². The van der Waals surface area contributed by atoms with Crippen LogP contribution in [0.4, 0.5) is 28.4 Å². The van der Waals surface area contributed by atoms with Crippen LogP contribution in [0.25, 0.3) is 0 Å². The molecule has 0 spiro atoms. The van der Waals surface area contributed by atoms with Crippen LogP contribution in [0.5, 0.6) is 0 Å². The Morgan fingerprint density at radius 1 is 1.07 bits per heavy atom. The number of nitrogen functional groups attached to an aromatic ring is 4. The topological polar surface area (TPSA) is 134 Å². The Morgan fingerprint density at radius 2 is 1.53 bits per heavy atom. The van der Waals surface area contributed by atoms with Gasteiger partial charge >= 0.3 is 0 Å². The molecule has 0 aliphatic carbocycles. The summed E-state index contributed by atoms with van der Waals surface area (Å²) in [7, 11) is 0. The molecule has 15 heavy (non-hydrogen) atoms. The third-order valence-corrected chi connectivity index (χ3v) is 2.14. The first-order valence-corrected chi connectivity index (χ1v) is 4.15. The van der Waals surface area contributed by atoms with E-state index in [0.717, 1.165) is 0 Å². The maximum Gasteiger partial charge on any atom is 0.164 e. The highest BCUT2D eigenvalue weighted by Crippen LogP contribution is 2.41. The monoisotopic (exact) mass is 207 g/mol. The van der Waals surface area contributed by atoms with Gasteiger partial charge in [-0.25, -0.2) is 0 Å². The van der Waals surface area contributed by atoms with E-state index >= 15 is 0 Å². The predicted molar refractivity (Wildman–Crippen MR) is 63.3 cm³/mol. The van der Waals surface area contributed by atoms with Gasteiger partial charge in [-0.2, -0.15) is 0 Å². The first-order valence-electron chi connectivity index (χ1n) is 4.15. The summed E-state index contributed by atoms with van der Waals surface area (Å²) in [5.41, 5.74) is 23.3. The van der Waals surface area contributed by atoms with Crippen LogP contribution in [0.1, 0.15) is 17.3 Å². The summed E-state index contributed by atoms with van der Waals surface area (Å²) in [6, 6.07) is 0. The Balaban J connectivity index is 3.78. The quantitative estimate of drug-likeness (QED) is 0.319. The van der Waals surface area contributed by atoms with Crippen LogP contribution >= 0.6 is 0 Å². The van der Waals surface area contributed by atoms with E-state index in [1.807, 2.05) is 0 Å². The summed E-state index contributed by atoms with van der Waals surface area (Å²) >= 11 is 0. The van der Waals surface area contributed by atoms with Crippen molar-refractivity contribution in [3.63, 3.8) is 0 Å². The molecule has 0 saturated carbocycles. The van der Waals surface area contributed by atoms with Gasteiger partial charge in [-0.05, 0) is 13.6 Å². The van der Waals surface area contributed by atoms with E-state index in [-0.39, 0.29) is 39.8 Å². The van der Waals surface area contributed by atoms with Gasteiger partial charge in [0.2, 0.25) is 0 Å². The number of nitrogens with zero attached hydrogens (tertiary/aromatic N) is 1. The largest absolute Gasteiger partial charge is 0.396 e. The first-order chi connectivity index (χ1) is 6.91. The molecule has 6 nitrogen and oxygen atoms in total. The van der Waals surface area contributed by atoms with Crippen LogP contribution in [-0.2, 0) is 0 Å². The minimum atomic E-state index is -0.284. The Labute approximate surface area is 86.9 Å². The number of carbonyl (C=O) groups excluding carboxylic acids is 1. The van der Waals surface area contributed by atoms with E-state index in [2.05, 4.69) is 11.7 Å². The molecule has 0 bridgehead atoms. The molecule has 1 aromatic rings. The van der Waals surface area contributed by atoms with Crippen molar-refractivity contribution in [3.8, 4) is 0 Å². The van der Waals surface area contributed by atoms with Crippen molar-refractivity contribution in [2.24, 2.45) is 4.99 Å². The Morgan fingerprint density at radius 3 is 1.93 bits per heavy atom. The molecular weight excluding hydrogens is 194 g/mol. The number of Topliss-reactive ketones (excluding diaryl/α,β-unsaturated/α-hetero) is 1. The van der Waals surface area contributed by atoms with Gasteiger partial charge in [0, 0.05) is 0 Å². The number of aliphatic imine (C=N–C) groups is 1. The van der Waals surface area contributed by atoms with Crippen molar-refractivity contribution >= 4 is 40.9 Å². The second kappa shape index (κ2) is 3.49. The van der Waals surface area contributed by atoms with Crippen molar-refractivity contribution in [2.75, 3.05) is 22.9 Å². The SMILES string of the molecule is C=Nc1c(N)c(N)c(N)c(N)c1C(C)=O. The summed E-state index contributed by atoms with van der Waals surface area (Å²) in [5, 5.41) is 0. The second-order valence-corrected chi connectivity index (χ2v) is 3.09. The fourth-order valence-corrected chi connectivity index (χ4v) is 1.34. The number of ketones is 1. The Bertz CT molecular complexity index is 453. The van der Waals surface area contributed by atoms with Crippen molar-refractivity contribution < 1.29 is 4.79 Å². The number of nitrogens with two attached hydrogens (primary N) is 4. The molecule has 0 atom stereocenters. The molecule has 8 N–H and O–H groups in total. The highest BCUT2D eigenvalue weighted by atomic mass is 16.1. The number of anilines is 4. The average molecular weight is 207 g/mol. The first kappa shape index (κ1) is 10.8. The number of hydrogen-bond donors (Lipinski definition) is 4. The average Bonchev–Trinajstić information content (AvgIpc) is 2.19. The minimum Gasteiger partial charge on any atom is -0.396 e. The van der Waals surface area contributed by atoms with Crippen LogP contribution in [0.2, 0.25) is 0 Å². The lowest BCUT2D eigenvalue weighted by Gasteiger charge is -2.14. The summed E-state index contributed by atoms with van der Waals surface area (Å²) in [5.74, 6) is -0.284. The number of rotatable bonds is 2. The van der Waals surface area contributed by atoms with Crippen LogP contribution in [0, 0.1) is 0 Å². The highest BCUT2D eigenvalue weighted by molar-refractivity contribution is 6.12. The molecule has 0 unspecified atom stereocenters. The lowest BCUT2D eigenvalue weighted by atomic mass is 10.0. The number of benzene rings is 1. The van der Waals surface area contributed by atoms with Crippen molar-refractivity contribution in [1.29, 1.82) is 0 Å². The second-order valence-electron chi connectivity index (χ2n) is 3.09. The van der Waals surface area contributed by atoms with Crippen LogP contribution in [0.3, 0.4) is 0 Å². The summed E-state index contributed by atoms with van der Waals surface area (Å²) in [4.78, 5) is 15.0. The maximum absolute atomic E-state index is 11.3. The molecule has 1 rings (SSSR count). The van der Waals surface area contributed by atoms with Gasteiger partial charge in [-0.1, -0.05) is 0 Å². The van der Waals surface area contributed by atoms with E-state index in [9.17, 15) is 4.79 Å². The molecule has 0 saturated heterocycles. The highest BCUT2D eigenvalue weighted by Gasteiger charge is 2.19. The minimum absolute atomic E-state index is 0.0941. The molecular formula is C9H13N5O. The van der Waals surface area contributed by atoms with Gasteiger partial charge in [0.15, 0.2) is 5.78 Å². The molecule has 0 fully saturated rings. The van der Waals surface area contributed by atoms with Crippen molar-refractivity contribution in [1.82, 2.24) is 0 Å². The lowest BCUT2D eigenvalue weighted by Crippen LogP contribution is -2.10. The zero-order valence-electron chi connectivity index (χ0n) is 8.37. The summed E-state index contributed by atoms with van der Waals surface area (Å²) < 4.78 is 0. The van der Waals surface area contributed by atoms with E-state index in [0.29, 0.717) is 0 Å². The van der Waals surface area contributed by atoms with Gasteiger partial charge in [-0.3, -0.25) is 9.79 Å². The van der Waals surface area contributed by atoms with E-state index in [1.165, 1.54) is 6.92 Å². The molecule has 0 aliphatic heterocycles. The fraction of sp³-hybridized carbons (Fsp3) is 0.111. The third kappa shape index (κ3) is 1.45.